The van der Waals surface area contributed by atoms with E-state index in [1.165, 1.54) is 6.07 Å². The highest BCUT2D eigenvalue weighted by molar-refractivity contribution is 5.41. The van der Waals surface area contributed by atoms with Crippen molar-refractivity contribution in [3.63, 3.8) is 0 Å². The molecule has 0 radical (unpaired) electrons. The van der Waals surface area contributed by atoms with Gasteiger partial charge in [0.15, 0.2) is 0 Å². The van der Waals surface area contributed by atoms with Gasteiger partial charge in [0, 0.05) is 18.2 Å². The van der Waals surface area contributed by atoms with Crippen LogP contribution < -0.4 is 9.47 Å². The third-order valence-corrected chi connectivity index (χ3v) is 1.57. The minimum absolute atomic E-state index is 0.140. The van der Waals surface area contributed by atoms with E-state index in [1.54, 1.807) is 0 Å². The standard InChI is InChI=1S/C10H11F3O3/c1-2-3-15-8-4-7(14)5-9(6-8)16-10(11,12)13/h4-6,14H,2-3H2,1H3. The van der Waals surface area contributed by atoms with Gasteiger partial charge in [-0.2, -0.15) is 0 Å². The smallest absolute Gasteiger partial charge is 0.508 e. The van der Waals surface area contributed by atoms with Gasteiger partial charge in [-0.1, -0.05) is 6.92 Å². The summed E-state index contributed by atoms with van der Waals surface area (Å²) < 4.78 is 44.5. The first-order valence-corrected chi connectivity index (χ1v) is 4.63. The van der Waals surface area contributed by atoms with E-state index in [-0.39, 0.29) is 11.5 Å². The Morgan fingerprint density at radius 2 is 1.81 bits per heavy atom. The lowest BCUT2D eigenvalue weighted by Crippen LogP contribution is -2.17. The topological polar surface area (TPSA) is 38.7 Å². The molecule has 0 saturated carbocycles. The third kappa shape index (κ3) is 4.29. The Balaban J connectivity index is 2.81. The first kappa shape index (κ1) is 12.5. The molecule has 0 heterocycles. The Bertz CT molecular complexity index is 350. The van der Waals surface area contributed by atoms with Crippen molar-refractivity contribution in [3.8, 4) is 17.2 Å². The molecule has 0 spiro atoms. The van der Waals surface area contributed by atoms with Gasteiger partial charge in [0.25, 0.3) is 0 Å². The number of benzene rings is 1. The Morgan fingerprint density at radius 3 is 2.38 bits per heavy atom. The summed E-state index contributed by atoms with van der Waals surface area (Å²) in [4.78, 5) is 0. The Morgan fingerprint density at radius 1 is 1.19 bits per heavy atom. The molecule has 0 bridgehead atoms. The first-order chi connectivity index (χ1) is 7.40. The monoisotopic (exact) mass is 236 g/mol. The van der Waals surface area contributed by atoms with Crippen molar-refractivity contribution in [3.05, 3.63) is 18.2 Å². The average Bonchev–Trinajstić information content (AvgIpc) is 2.10. The second-order valence-corrected chi connectivity index (χ2v) is 3.06. The molecule has 90 valence electrons. The van der Waals surface area contributed by atoms with Crippen LogP contribution in [-0.4, -0.2) is 18.1 Å². The van der Waals surface area contributed by atoms with E-state index >= 15 is 0 Å². The van der Waals surface area contributed by atoms with Gasteiger partial charge >= 0.3 is 6.36 Å². The lowest BCUT2D eigenvalue weighted by molar-refractivity contribution is -0.274. The molecule has 3 nitrogen and oxygen atoms in total. The molecule has 0 atom stereocenters. The largest absolute Gasteiger partial charge is 0.573 e. The van der Waals surface area contributed by atoms with Crippen LogP contribution >= 0.6 is 0 Å². The zero-order valence-electron chi connectivity index (χ0n) is 8.54. The number of aromatic hydroxyl groups is 1. The lowest BCUT2D eigenvalue weighted by atomic mass is 10.3. The van der Waals surface area contributed by atoms with E-state index in [0.29, 0.717) is 13.0 Å². The molecule has 0 aromatic heterocycles. The maximum Gasteiger partial charge on any atom is 0.573 e. The van der Waals surface area contributed by atoms with Crippen LogP contribution in [0, 0.1) is 0 Å². The van der Waals surface area contributed by atoms with Gasteiger partial charge in [-0.15, -0.1) is 13.2 Å². The molecule has 0 unspecified atom stereocenters. The normalized spacial score (nSPS) is 11.2. The van der Waals surface area contributed by atoms with Crippen LogP contribution in [0.3, 0.4) is 0 Å². The predicted octanol–water partition coefficient (Wildman–Crippen LogP) is 3.08. The highest BCUT2D eigenvalue weighted by Gasteiger charge is 2.31. The maximum atomic E-state index is 11.9. The summed E-state index contributed by atoms with van der Waals surface area (Å²) in [5, 5.41) is 9.16. The van der Waals surface area contributed by atoms with Crippen molar-refractivity contribution in [2.75, 3.05) is 6.61 Å². The van der Waals surface area contributed by atoms with E-state index in [0.717, 1.165) is 12.1 Å². The number of hydrogen-bond acceptors (Lipinski definition) is 3. The summed E-state index contributed by atoms with van der Waals surface area (Å²) in [6.45, 7) is 2.21. The fourth-order valence-corrected chi connectivity index (χ4v) is 1.05. The number of alkyl halides is 3. The predicted molar refractivity (Wildman–Crippen MR) is 50.6 cm³/mol. The third-order valence-electron chi connectivity index (χ3n) is 1.57. The lowest BCUT2D eigenvalue weighted by Gasteiger charge is -2.11. The Kier molecular flexibility index (Phi) is 3.87. The zero-order valence-corrected chi connectivity index (χ0v) is 8.54. The van der Waals surface area contributed by atoms with Crippen LogP contribution in [0.4, 0.5) is 13.2 Å². The van der Waals surface area contributed by atoms with Crippen LogP contribution in [0.1, 0.15) is 13.3 Å². The molecule has 0 fully saturated rings. The number of ether oxygens (including phenoxy) is 2. The van der Waals surface area contributed by atoms with Crippen LogP contribution in [0.5, 0.6) is 17.2 Å². The summed E-state index contributed by atoms with van der Waals surface area (Å²) in [6, 6.07) is 3.16. The molecule has 1 aromatic carbocycles. The summed E-state index contributed by atoms with van der Waals surface area (Å²) in [6.07, 6.45) is -4.07. The van der Waals surface area contributed by atoms with Crippen molar-refractivity contribution < 1.29 is 27.8 Å². The quantitative estimate of drug-likeness (QED) is 0.873. The van der Waals surface area contributed by atoms with E-state index < -0.39 is 12.1 Å². The van der Waals surface area contributed by atoms with Gasteiger partial charge in [0.2, 0.25) is 0 Å². The number of hydrogen-bond donors (Lipinski definition) is 1. The Hall–Kier alpha value is -1.59. The molecule has 6 heteroatoms. The van der Waals surface area contributed by atoms with Gasteiger partial charge in [0.05, 0.1) is 6.61 Å². The fourth-order valence-electron chi connectivity index (χ4n) is 1.05. The summed E-state index contributed by atoms with van der Waals surface area (Å²) in [5.74, 6) is -0.701. The molecular formula is C10H11F3O3. The Labute approximate surface area is 90.4 Å². The van der Waals surface area contributed by atoms with Crippen molar-refractivity contribution in [2.45, 2.75) is 19.7 Å². The van der Waals surface area contributed by atoms with E-state index in [1.807, 2.05) is 6.92 Å². The highest BCUT2D eigenvalue weighted by Crippen LogP contribution is 2.30. The fraction of sp³-hybridized carbons (Fsp3) is 0.400. The number of phenols is 1. The van der Waals surface area contributed by atoms with Gasteiger partial charge in [-0.05, 0) is 6.42 Å². The minimum Gasteiger partial charge on any atom is -0.508 e. The molecule has 0 aliphatic heterocycles. The van der Waals surface area contributed by atoms with E-state index in [9.17, 15) is 13.2 Å². The SMILES string of the molecule is CCCOc1cc(O)cc(OC(F)(F)F)c1. The second-order valence-electron chi connectivity index (χ2n) is 3.06. The van der Waals surface area contributed by atoms with Crippen LogP contribution in [-0.2, 0) is 0 Å². The average molecular weight is 236 g/mol. The molecule has 16 heavy (non-hydrogen) atoms. The summed E-state index contributed by atoms with van der Waals surface area (Å²) in [7, 11) is 0. The van der Waals surface area contributed by atoms with E-state index in [4.69, 9.17) is 9.84 Å². The summed E-state index contributed by atoms with van der Waals surface area (Å²) in [5.41, 5.74) is 0. The van der Waals surface area contributed by atoms with Crippen LogP contribution in [0.2, 0.25) is 0 Å². The van der Waals surface area contributed by atoms with Crippen molar-refractivity contribution in [2.24, 2.45) is 0 Å². The van der Waals surface area contributed by atoms with Crippen molar-refractivity contribution in [1.82, 2.24) is 0 Å². The van der Waals surface area contributed by atoms with Crippen molar-refractivity contribution in [1.29, 1.82) is 0 Å². The van der Waals surface area contributed by atoms with E-state index in [2.05, 4.69) is 4.74 Å². The maximum absolute atomic E-state index is 11.9. The van der Waals surface area contributed by atoms with Gasteiger partial charge in [0.1, 0.15) is 17.2 Å². The second kappa shape index (κ2) is 4.96. The molecule has 0 saturated heterocycles. The number of rotatable bonds is 4. The molecule has 0 aliphatic carbocycles. The molecular weight excluding hydrogens is 225 g/mol. The molecule has 0 amide bonds. The van der Waals surface area contributed by atoms with Gasteiger partial charge in [-0.25, -0.2) is 0 Å². The zero-order chi connectivity index (χ0) is 12.2. The molecule has 1 rings (SSSR count). The molecule has 1 aromatic rings. The van der Waals surface area contributed by atoms with Crippen LogP contribution in [0.15, 0.2) is 18.2 Å². The van der Waals surface area contributed by atoms with Crippen LogP contribution in [0.25, 0.3) is 0 Å². The van der Waals surface area contributed by atoms with Gasteiger partial charge in [-0.3, -0.25) is 0 Å². The summed E-state index contributed by atoms with van der Waals surface area (Å²) >= 11 is 0. The number of halogens is 3. The number of phenolic OH excluding ortho intramolecular Hbond substituents is 1. The first-order valence-electron chi connectivity index (χ1n) is 4.63. The molecule has 1 N–H and O–H groups in total. The molecule has 0 aliphatic rings. The van der Waals surface area contributed by atoms with Crippen molar-refractivity contribution >= 4 is 0 Å². The minimum atomic E-state index is -4.78. The highest BCUT2D eigenvalue weighted by atomic mass is 19.4. The van der Waals surface area contributed by atoms with Gasteiger partial charge < -0.3 is 14.6 Å².